The molecule has 0 aromatic heterocycles. The standard InChI is InChI=1S/2C6H12.2C4H8O2.Co/c2*1-2-4-6-5-3-1;2*1-2-3-4(5)6;/h2*1-6H2;2*2-3H2,1H3,(H,5,6);/q;;;;+2/p-2. The van der Waals surface area contributed by atoms with E-state index in [1.54, 1.807) is 13.8 Å². The van der Waals surface area contributed by atoms with Crippen LogP contribution in [0.4, 0.5) is 0 Å². The number of hydrogen-bond acceptors (Lipinski definition) is 4. The van der Waals surface area contributed by atoms with Crippen LogP contribution in [-0.4, -0.2) is 11.9 Å². The monoisotopic (exact) mass is 401 g/mol. The number of carbonyl (C=O) groups is 2. The molecule has 2 rings (SSSR count). The molecule has 0 spiro atoms. The molecule has 1 radical (unpaired) electrons. The van der Waals surface area contributed by atoms with Gasteiger partial charge in [-0.05, 0) is 12.8 Å². The number of aliphatic carboxylic acids is 2. The van der Waals surface area contributed by atoms with Gasteiger partial charge in [0.1, 0.15) is 0 Å². The van der Waals surface area contributed by atoms with Crippen molar-refractivity contribution >= 4 is 11.9 Å². The first kappa shape index (κ1) is 29.2. The van der Waals surface area contributed by atoms with E-state index in [4.69, 9.17) is 0 Å². The van der Waals surface area contributed by atoms with Crippen molar-refractivity contribution in [1.82, 2.24) is 0 Å². The number of carbonyl (C=O) groups excluding carboxylic acids is 2. The van der Waals surface area contributed by atoms with Crippen LogP contribution in [0, 0.1) is 0 Å². The zero-order chi connectivity index (χ0) is 18.5. The Kier molecular flexibility index (Phi) is 30.0. The van der Waals surface area contributed by atoms with Crippen molar-refractivity contribution in [3.63, 3.8) is 0 Å². The van der Waals surface area contributed by atoms with Gasteiger partial charge in [-0.25, -0.2) is 0 Å². The molecule has 2 fully saturated rings. The Labute approximate surface area is 165 Å². The van der Waals surface area contributed by atoms with E-state index in [1.165, 1.54) is 77.0 Å². The summed E-state index contributed by atoms with van der Waals surface area (Å²) < 4.78 is 0. The predicted molar refractivity (Wildman–Crippen MR) is 95.2 cm³/mol. The average Bonchev–Trinajstić information content (AvgIpc) is 2.59. The van der Waals surface area contributed by atoms with Gasteiger partial charge in [0.25, 0.3) is 0 Å². The van der Waals surface area contributed by atoms with E-state index in [1.807, 2.05) is 0 Å². The summed E-state index contributed by atoms with van der Waals surface area (Å²) >= 11 is 0. The molecule has 0 saturated heterocycles. The van der Waals surface area contributed by atoms with E-state index < -0.39 is 11.9 Å². The number of hydrogen-bond donors (Lipinski definition) is 0. The smallest absolute Gasteiger partial charge is 0.550 e. The minimum Gasteiger partial charge on any atom is -0.550 e. The van der Waals surface area contributed by atoms with Gasteiger partial charge in [0, 0.05) is 11.9 Å². The first-order valence-corrected chi connectivity index (χ1v) is 9.94. The number of carboxylic acids is 2. The molecule has 2 aliphatic carbocycles. The quantitative estimate of drug-likeness (QED) is 0.719. The maximum Gasteiger partial charge on any atom is 2.00 e. The van der Waals surface area contributed by atoms with Crippen molar-refractivity contribution in [3.8, 4) is 0 Å². The van der Waals surface area contributed by atoms with Crippen LogP contribution in [0.3, 0.4) is 0 Å². The Hall–Kier alpha value is -0.554. The van der Waals surface area contributed by atoms with Crippen LogP contribution < -0.4 is 10.2 Å². The molecule has 4 nitrogen and oxygen atoms in total. The molecule has 5 heteroatoms. The summed E-state index contributed by atoms with van der Waals surface area (Å²) in [6.45, 7) is 3.60. The zero-order valence-electron chi connectivity index (χ0n) is 16.3. The van der Waals surface area contributed by atoms with Crippen molar-refractivity contribution in [2.45, 2.75) is 117 Å². The van der Waals surface area contributed by atoms with E-state index in [2.05, 4.69) is 0 Å². The molecule has 2 aliphatic rings. The SMILES string of the molecule is C1CCCCC1.C1CCCCC1.CCCC(=O)[O-].CCCC(=O)[O-].[Co+2]. The van der Waals surface area contributed by atoms with Gasteiger partial charge in [-0.1, -0.05) is 104 Å². The van der Waals surface area contributed by atoms with Gasteiger partial charge in [-0.2, -0.15) is 0 Å². The number of rotatable bonds is 4. The molecular formula is C20H38CoO4. The molecule has 0 N–H and O–H groups in total. The largest absolute Gasteiger partial charge is 2.00 e. The van der Waals surface area contributed by atoms with Crippen LogP contribution in [0.1, 0.15) is 117 Å². The van der Waals surface area contributed by atoms with E-state index in [-0.39, 0.29) is 29.6 Å². The van der Waals surface area contributed by atoms with Gasteiger partial charge < -0.3 is 19.8 Å². The molecule has 0 bridgehead atoms. The topological polar surface area (TPSA) is 80.3 Å². The van der Waals surface area contributed by atoms with Crippen LogP contribution in [0.2, 0.25) is 0 Å². The fourth-order valence-electron chi connectivity index (χ4n) is 2.53. The van der Waals surface area contributed by atoms with Gasteiger partial charge >= 0.3 is 16.8 Å². The second kappa shape index (κ2) is 25.7. The molecule has 0 unspecified atom stereocenters. The second-order valence-electron chi connectivity index (χ2n) is 6.49. The minimum absolute atomic E-state index is 0. The molecule has 0 atom stereocenters. The molecule has 25 heavy (non-hydrogen) atoms. The molecule has 0 aliphatic heterocycles. The summed E-state index contributed by atoms with van der Waals surface area (Å²) in [6, 6.07) is 0. The fraction of sp³-hybridized carbons (Fsp3) is 0.900. The molecule has 151 valence electrons. The Morgan fingerprint density at radius 3 is 0.760 bits per heavy atom. The van der Waals surface area contributed by atoms with Crippen LogP contribution >= 0.6 is 0 Å². The summed E-state index contributed by atoms with van der Waals surface area (Å²) in [4.78, 5) is 19.0. The second-order valence-corrected chi connectivity index (χ2v) is 6.49. The van der Waals surface area contributed by atoms with Crippen LogP contribution in [0.15, 0.2) is 0 Å². The maximum absolute atomic E-state index is 9.49. The first-order chi connectivity index (χ1) is 11.5. The van der Waals surface area contributed by atoms with Crippen molar-refractivity contribution in [3.05, 3.63) is 0 Å². The molecular weight excluding hydrogens is 363 g/mol. The normalized spacial score (nSPS) is 15.4. The third-order valence-electron chi connectivity index (χ3n) is 3.91. The maximum atomic E-state index is 9.49. The number of carboxylic acid groups (broad SMARTS) is 2. The van der Waals surface area contributed by atoms with Gasteiger partial charge in [0.2, 0.25) is 0 Å². The summed E-state index contributed by atoms with van der Waals surface area (Å²) in [7, 11) is 0. The summed E-state index contributed by atoms with van der Waals surface area (Å²) in [5, 5.41) is 19.0. The Morgan fingerprint density at radius 1 is 0.560 bits per heavy atom. The van der Waals surface area contributed by atoms with E-state index in [9.17, 15) is 19.8 Å². The van der Waals surface area contributed by atoms with Crippen molar-refractivity contribution in [2.75, 3.05) is 0 Å². The predicted octanol–water partition coefficient (Wildman–Crippen LogP) is 3.75. The Morgan fingerprint density at radius 2 is 0.720 bits per heavy atom. The first-order valence-electron chi connectivity index (χ1n) is 9.94. The van der Waals surface area contributed by atoms with Gasteiger partial charge in [0.05, 0.1) is 0 Å². The third kappa shape index (κ3) is 35.4. The van der Waals surface area contributed by atoms with Crippen LogP contribution in [-0.2, 0) is 26.4 Å². The third-order valence-corrected chi connectivity index (χ3v) is 3.91. The van der Waals surface area contributed by atoms with Crippen molar-refractivity contribution in [2.24, 2.45) is 0 Å². The van der Waals surface area contributed by atoms with Crippen molar-refractivity contribution < 1.29 is 36.6 Å². The van der Waals surface area contributed by atoms with Crippen LogP contribution in [0.5, 0.6) is 0 Å². The molecule has 0 amide bonds. The molecule has 0 aromatic rings. The Bertz CT molecular complexity index is 224. The van der Waals surface area contributed by atoms with Gasteiger partial charge in [-0.3, -0.25) is 0 Å². The minimum atomic E-state index is -0.961. The summed E-state index contributed by atoms with van der Waals surface area (Å²) in [6.07, 6.45) is 19.7. The van der Waals surface area contributed by atoms with E-state index >= 15 is 0 Å². The van der Waals surface area contributed by atoms with E-state index in [0.717, 1.165) is 0 Å². The molecule has 2 saturated carbocycles. The van der Waals surface area contributed by atoms with Crippen LogP contribution in [0.25, 0.3) is 0 Å². The van der Waals surface area contributed by atoms with E-state index in [0.29, 0.717) is 12.8 Å². The van der Waals surface area contributed by atoms with Gasteiger partial charge in [0.15, 0.2) is 0 Å². The summed E-state index contributed by atoms with van der Waals surface area (Å²) in [5.41, 5.74) is 0. The van der Waals surface area contributed by atoms with Gasteiger partial charge in [-0.15, -0.1) is 0 Å². The van der Waals surface area contributed by atoms with Crippen molar-refractivity contribution in [1.29, 1.82) is 0 Å². The molecule has 0 aromatic carbocycles. The fourth-order valence-corrected chi connectivity index (χ4v) is 2.53. The average molecular weight is 401 g/mol. The summed E-state index contributed by atoms with van der Waals surface area (Å²) in [5.74, 6) is -1.92. The zero-order valence-corrected chi connectivity index (χ0v) is 17.3. The molecule has 0 heterocycles. The Balaban J connectivity index is -0.000000255.